The van der Waals surface area contributed by atoms with Gasteiger partial charge in [-0.2, -0.15) is 0 Å². The first kappa shape index (κ1) is 6.09. The van der Waals surface area contributed by atoms with Crippen molar-refractivity contribution in [1.82, 2.24) is 0 Å². The largest absolute Gasteiger partial charge is 0.372 e. The van der Waals surface area contributed by atoms with Crippen molar-refractivity contribution >= 4 is 0 Å². The number of rotatable bonds is 0. The highest BCUT2D eigenvalue weighted by Gasteiger charge is 2.31. The molecule has 0 spiro atoms. The van der Waals surface area contributed by atoms with Crippen LogP contribution in [0.4, 0.5) is 0 Å². The molecule has 0 amide bonds. The molecule has 0 aromatic rings. The highest BCUT2D eigenvalue weighted by Crippen LogP contribution is 2.35. The van der Waals surface area contributed by atoms with Gasteiger partial charge in [-0.3, -0.25) is 0 Å². The Hall–Kier alpha value is -0.0400. The van der Waals surface area contributed by atoms with Gasteiger partial charge in [0, 0.05) is 0 Å². The molecular weight excluding hydrogens is 100 g/mol. The highest BCUT2D eigenvalue weighted by atomic mass is 16.5. The summed E-state index contributed by atoms with van der Waals surface area (Å²) in [4.78, 5) is 0. The van der Waals surface area contributed by atoms with Crippen LogP contribution in [0.25, 0.3) is 0 Å². The van der Waals surface area contributed by atoms with Gasteiger partial charge in [0.25, 0.3) is 0 Å². The molecule has 1 radical (unpaired) electrons. The molecule has 0 saturated carbocycles. The fraction of sp³-hybridized carbons (Fsp3) is 0.857. The molecule has 1 nitrogen and oxygen atoms in total. The van der Waals surface area contributed by atoms with Gasteiger partial charge in [-0.1, -0.05) is 13.8 Å². The molecular formula is C7H13O. The summed E-state index contributed by atoms with van der Waals surface area (Å²) in [6, 6.07) is 0. The van der Waals surface area contributed by atoms with Gasteiger partial charge < -0.3 is 4.74 Å². The molecule has 1 unspecified atom stereocenters. The fourth-order valence-corrected chi connectivity index (χ4v) is 0.757. The molecule has 1 atom stereocenters. The van der Waals surface area contributed by atoms with Crippen molar-refractivity contribution in [3.05, 3.63) is 6.61 Å². The Kier molecular flexibility index (Phi) is 1.31. The SMILES string of the molecule is CC1O[CH]CC1(C)C. The smallest absolute Gasteiger partial charge is 0.0847 e. The summed E-state index contributed by atoms with van der Waals surface area (Å²) in [7, 11) is 0. The second-order valence-electron chi connectivity index (χ2n) is 3.14. The van der Waals surface area contributed by atoms with Gasteiger partial charge >= 0.3 is 0 Å². The first-order chi connectivity index (χ1) is 3.63. The van der Waals surface area contributed by atoms with Crippen molar-refractivity contribution < 1.29 is 4.74 Å². The van der Waals surface area contributed by atoms with Crippen molar-refractivity contribution in [1.29, 1.82) is 0 Å². The van der Waals surface area contributed by atoms with E-state index in [1.54, 1.807) is 0 Å². The van der Waals surface area contributed by atoms with Gasteiger partial charge in [0.2, 0.25) is 0 Å². The Balaban J connectivity index is 2.54. The normalized spacial score (nSPS) is 35.6. The second-order valence-corrected chi connectivity index (χ2v) is 3.14. The van der Waals surface area contributed by atoms with Crippen LogP contribution < -0.4 is 0 Å². The predicted octanol–water partition coefficient (Wildman–Crippen LogP) is 1.98. The van der Waals surface area contributed by atoms with Crippen LogP contribution in [0.5, 0.6) is 0 Å². The highest BCUT2D eigenvalue weighted by molar-refractivity contribution is 4.85. The van der Waals surface area contributed by atoms with Crippen LogP contribution in [0.3, 0.4) is 0 Å². The molecule has 0 N–H and O–H groups in total. The third-order valence-corrected chi connectivity index (χ3v) is 2.01. The lowest BCUT2D eigenvalue weighted by atomic mass is 9.87. The molecule has 1 heteroatoms. The molecule has 1 fully saturated rings. The molecule has 1 heterocycles. The lowest BCUT2D eigenvalue weighted by molar-refractivity contribution is 0.106. The predicted molar refractivity (Wildman–Crippen MR) is 33.2 cm³/mol. The molecule has 1 aliphatic heterocycles. The summed E-state index contributed by atoms with van der Waals surface area (Å²) in [5, 5.41) is 0. The van der Waals surface area contributed by atoms with Crippen molar-refractivity contribution in [2.75, 3.05) is 0 Å². The van der Waals surface area contributed by atoms with Gasteiger partial charge in [-0.25, -0.2) is 0 Å². The maximum Gasteiger partial charge on any atom is 0.0847 e. The fourth-order valence-electron chi connectivity index (χ4n) is 0.757. The lowest BCUT2D eigenvalue weighted by Gasteiger charge is -2.20. The van der Waals surface area contributed by atoms with Crippen LogP contribution in [0.1, 0.15) is 27.2 Å². The van der Waals surface area contributed by atoms with E-state index < -0.39 is 0 Å². The van der Waals surface area contributed by atoms with Gasteiger partial charge in [-0.05, 0) is 18.8 Å². The van der Waals surface area contributed by atoms with E-state index in [1.807, 2.05) is 6.61 Å². The quantitative estimate of drug-likeness (QED) is 0.466. The molecule has 0 aromatic carbocycles. The molecule has 47 valence electrons. The van der Waals surface area contributed by atoms with Crippen LogP contribution in [-0.2, 0) is 4.74 Å². The van der Waals surface area contributed by atoms with Crippen molar-refractivity contribution in [2.24, 2.45) is 5.41 Å². The van der Waals surface area contributed by atoms with Gasteiger partial charge in [0.05, 0.1) is 12.7 Å². The Morgan fingerprint density at radius 3 is 2.38 bits per heavy atom. The maximum atomic E-state index is 5.24. The zero-order chi connectivity index (χ0) is 6.20. The van der Waals surface area contributed by atoms with Crippen molar-refractivity contribution in [3.8, 4) is 0 Å². The van der Waals surface area contributed by atoms with E-state index in [4.69, 9.17) is 4.74 Å². The third kappa shape index (κ3) is 0.873. The van der Waals surface area contributed by atoms with Crippen molar-refractivity contribution in [3.63, 3.8) is 0 Å². The summed E-state index contributed by atoms with van der Waals surface area (Å²) in [6.45, 7) is 8.47. The number of hydrogen-bond acceptors (Lipinski definition) is 1. The summed E-state index contributed by atoms with van der Waals surface area (Å²) in [6.07, 6.45) is 1.50. The Morgan fingerprint density at radius 1 is 1.62 bits per heavy atom. The summed E-state index contributed by atoms with van der Waals surface area (Å²) in [5.41, 5.74) is 0.375. The summed E-state index contributed by atoms with van der Waals surface area (Å²) in [5.74, 6) is 0. The standard InChI is InChI=1S/C7H13O/c1-6-7(2,3)4-5-8-6/h5-6H,4H2,1-3H3. The Bertz CT molecular complexity index is 86.4. The topological polar surface area (TPSA) is 9.23 Å². The average molecular weight is 113 g/mol. The molecule has 0 aliphatic carbocycles. The molecule has 1 rings (SSSR count). The zero-order valence-electron chi connectivity index (χ0n) is 5.77. The van der Waals surface area contributed by atoms with Gasteiger partial charge in [0.15, 0.2) is 0 Å². The van der Waals surface area contributed by atoms with E-state index in [-0.39, 0.29) is 0 Å². The van der Waals surface area contributed by atoms with Gasteiger partial charge in [-0.15, -0.1) is 0 Å². The van der Waals surface area contributed by atoms with Crippen LogP contribution in [0.2, 0.25) is 0 Å². The molecule has 0 aromatic heterocycles. The van der Waals surface area contributed by atoms with E-state index in [0.29, 0.717) is 11.5 Å². The molecule has 8 heavy (non-hydrogen) atoms. The van der Waals surface area contributed by atoms with Crippen LogP contribution in [0, 0.1) is 12.0 Å². The van der Waals surface area contributed by atoms with Gasteiger partial charge in [0.1, 0.15) is 0 Å². The summed E-state index contributed by atoms with van der Waals surface area (Å²) < 4.78 is 5.24. The van der Waals surface area contributed by atoms with Crippen molar-refractivity contribution in [2.45, 2.75) is 33.3 Å². The molecule has 1 saturated heterocycles. The van der Waals surface area contributed by atoms with E-state index in [2.05, 4.69) is 20.8 Å². The molecule has 1 aliphatic rings. The minimum absolute atomic E-state index is 0.375. The van der Waals surface area contributed by atoms with E-state index in [1.165, 1.54) is 0 Å². The Morgan fingerprint density at radius 2 is 2.25 bits per heavy atom. The van der Waals surface area contributed by atoms with E-state index >= 15 is 0 Å². The maximum absolute atomic E-state index is 5.24. The minimum atomic E-state index is 0.375. The van der Waals surface area contributed by atoms with E-state index in [0.717, 1.165) is 6.42 Å². The minimum Gasteiger partial charge on any atom is -0.372 e. The van der Waals surface area contributed by atoms with E-state index in [9.17, 15) is 0 Å². The third-order valence-electron chi connectivity index (χ3n) is 2.01. The first-order valence-electron chi connectivity index (χ1n) is 3.10. The van der Waals surface area contributed by atoms with Crippen LogP contribution in [-0.4, -0.2) is 6.10 Å². The first-order valence-corrected chi connectivity index (χ1v) is 3.10. The second kappa shape index (κ2) is 1.73. The van der Waals surface area contributed by atoms with Crippen LogP contribution in [0.15, 0.2) is 0 Å². The monoisotopic (exact) mass is 113 g/mol. The average Bonchev–Trinajstić information content (AvgIpc) is 1.86. The Labute approximate surface area is 51.0 Å². The summed E-state index contributed by atoms with van der Waals surface area (Å²) >= 11 is 0. The van der Waals surface area contributed by atoms with Crippen LogP contribution >= 0.6 is 0 Å². The number of ether oxygens (including phenoxy) is 1. The zero-order valence-corrected chi connectivity index (χ0v) is 5.77. The lowest BCUT2D eigenvalue weighted by Crippen LogP contribution is -2.19. The number of hydrogen-bond donors (Lipinski definition) is 0. The molecule has 0 bridgehead atoms.